The number of carbonyl (C=O) groups is 1. The highest BCUT2D eigenvalue weighted by atomic mass is 16.4. The van der Waals surface area contributed by atoms with Crippen LogP contribution in [0.1, 0.15) is 34.0 Å². The van der Waals surface area contributed by atoms with E-state index in [1.165, 1.54) is 11.1 Å². The molecule has 0 fully saturated rings. The normalized spacial score (nSPS) is 15.5. The van der Waals surface area contributed by atoms with Gasteiger partial charge in [-0.1, -0.05) is 43.3 Å². The highest BCUT2D eigenvalue weighted by Crippen LogP contribution is 2.35. The average molecular weight is 295 g/mol. The lowest BCUT2D eigenvalue weighted by Crippen LogP contribution is -2.32. The second kappa shape index (κ2) is 5.93. The minimum Gasteiger partial charge on any atom is -0.478 e. The molecule has 0 bridgehead atoms. The van der Waals surface area contributed by atoms with Gasteiger partial charge < -0.3 is 10.4 Å². The van der Waals surface area contributed by atoms with Crippen molar-refractivity contribution in [3.8, 4) is 0 Å². The van der Waals surface area contributed by atoms with Crippen molar-refractivity contribution >= 4 is 5.97 Å². The summed E-state index contributed by atoms with van der Waals surface area (Å²) in [5.74, 6) is -0.875. The zero-order valence-electron chi connectivity index (χ0n) is 12.8. The molecule has 1 aliphatic rings. The van der Waals surface area contributed by atoms with Gasteiger partial charge in [0.25, 0.3) is 0 Å². The minimum atomic E-state index is -0.875. The van der Waals surface area contributed by atoms with Gasteiger partial charge >= 0.3 is 5.97 Å². The van der Waals surface area contributed by atoms with Crippen LogP contribution in [0.15, 0.2) is 48.5 Å². The van der Waals surface area contributed by atoms with Crippen LogP contribution in [-0.2, 0) is 19.4 Å². The molecule has 0 unspecified atom stereocenters. The molecule has 1 aliphatic carbocycles. The van der Waals surface area contributed by atoms with Crippen molar-refractivity contribution in [2.45, 2.75) is 26.3 Å². The quantitative estimate of drug-likeness (QED) is 0.890. The molecule has 2 aromatic rings. The maximum atomic E-state index is 11.0. The molecule has 0 saturated carbocycles. The molecule has 0 saturated heterocycles. The van der Waals surface area contributed by atoms with Gasteiger partial charge in [0.05, 0.1) is 5.56 Å². The summed E-state index contributed by atoms with van der Waals surface area (Å²) in [7, 11) is 0. The molecular formula is C19H21NO2. The molecule has 0 amide bonds. The standard InChI is InChI=1S/C19H21NO2/c1-19(10-16-6-2-3-7-17(16)11-19)13-20-12-14-5-4-8-15(9-14)18(21)22/h2-9,20H,10-13H2,1H3,(H,21,22). The number of aromatic carboxylic acids is 1. The van der Waals surface area contributed by atoms with Gasteiger partial charge in [-0.15, -0.1) is 0 Å². The maximum absolute atomic E-state index is 11.0. The van der Waals surface area contributed by atoms with Crippen molar-refractivity contribution in [1.82, 2.24) is 5.32 Å². The average Bonchev–Trinajstić information content (AvgIpc) is 2.83. The summed E-state index contributed by atoms with van der Waals surface area (Å²) in [5.41, 5.74) is 4.52. The first-order valence-corrected chi connectivity index (χ1v) is 7.65. The van der Waals surface area contributed by atoms with E-state index in [4.69, 9.17) is 5.11 Å². The zero-order valence-corrected chi connectivity index (χ0v) is 12.8. The molecule has 114 valence electrons. The molecule has 3 nitrogen and oxygen atoms in total. The number of benzene rings is 2. The number of carboxylic acid groups (broad SMARTS) is 1. The molecule has 2 aromatic carbocycles. The second-order valence-electron chi connectivity index (χ2n) is 6.54. The minimum absolute atomic E-state index is 0.244. The van der Waals surface area contributed by atoms with Crippen LogP contribution in [0, 0.1) is 5.41 Å². The molecule has 2 N–H and O–H groups in total. The van der Waals surface area contributed by atoms with Crippen LogP contribution in [-0.4, -0.2) is 17.6 Å². The fraction of sp³-hybridized carbons (Fsp3) is 0.316. The molecule has 22 heavy (non-hydrogen) atoms. The lowest BCUT2D eigenvalue weighted by molar-refractivity contribution is 0.0696. The molecule has 3 heteroatoms. The SMILES string of the molecule is CC1(CNCc2cccc(C(=O)O)c2)Cc2ccccc2C1. The third-order valence-electron chi connectivity index (χ3n) is 4.41. The van der Waals surface area contributed by atoms with Gasteiger partial charge in [0.2, 0.25) is 0 Å². The van der Waals surface area contributed by atoms with E-state index in [2.05, 4.69) is 36.5 Å². The number of rotatable bonds is 5. The maximum Gasteiger partial charge on any atom is 0.335 e. The Labute approximate surface area is 131 Å². The second-order valence-corrected chi connectivity index (χ2v) is 6.54. The summed E-state index contributed by atoms with van der Waals surface area (Å²) < 4.78 is 0. The molecule has 0 spiro atoms. The Kier molecular flexibility index (Phi) is 3.99. The molecule has 0 aromatic heterocycles. The first-order chi connectivity index (χ1) is 10.6. The monoisotopic (exact) mass is 295 g/mol. The molecule has 0 aliphatic heterocycles. The summed E-state index contributed by atoms with van der Waals surface area (Å²) in [6, 6.07) is 15.8. The lowest BCUT2D eigenvalue weighted by atomic mass is 9.87. The van der Waals surface area contributed by atoms with E-state index in [0.717, 1.165) is 24.9 Å². The number of hydrogen-bond acceptors (Lipinski definition) is 2. The van der Waals surface area contributed by atoms with Crippen LogP contribution in [0.25, 0.3) is 0 Å². The van der Waals surface area contributed by atoms with E-state index in [1.807, 2.05) is 6.07 Å². The van der Waals surface area contributed by atoms with Gasteiger partial charge in [-0.3, -0.25) is 0 Å². The Morgan fingerprint density at radius 2 is 1.82 bits per heavy atom. The summed E-state index contributed by atoms with van der Waals surface area (Å²) in [4.78, 5) is 11.0. The molecule has 0 radical (unpaired) electrons. The molecule has 0 heterocycles. The van der Waals surface area contributed by atoms with Crippen molar-refractivity contribution < 1.29 is 9.90 Å². The van der Waals surface area contributed by atoms with Crippen molar-refractivity contribution in [2.24, 2.45) is 5.41 Å². The first-order valence-electron chi connectivity index (χ1n) is 7.65. The van der Waals surface area contributed by atoms with E-state index in [9.17, 15) is 4.79 Å². The van der Waals surface area contributed by atoms with Crippen LogP contribution in [0.3, 0.4) is 0 Å². The van der Waals surface area contributed by atoms with Gasteiger partial charge in [0.15, 0.2) is 0 Å². The van der Waals surface area contributed by atoms with Gasteiger partial charge in [-0.05, 0) is 47.1 Å². The number of hydrogen-bond donors (Lipinski definition) is 2. The van der Waals surface area contributed by atoms with Gasteiger partial charge in [-0.25, -0.2) is 4.79 Å². The molecule has 3 rings (SSSR count). The predicted octanol–water partition coefficient (Wildman–Crippen LogP) is 3.28. The lowest BCUT2D eigenvalue weighted by Gasteiger charge is -2.24. The van der Waals surface area contributed by atoms with E-state index in [-0.39, 0.29) is 5.41 Å². The number of carboxylic acids is 1. The number of fused-ring (bicyclic) bond motifs is 1. The van der Waals surface area contributed by atoms with Gasteiger partial charge in [0, 0.05) is 13.1 Å². The highest BCUT2D eigenvalue weighted by molar-refractivity contribution is 5.87. The van der Waals surface area contributed by atoms with Gasteiger partial charge in [0.1, 0.15) is 0 Å². The third kappa shape index (κ3) is 3.20. The first kappa shape index (κ1) is 14.8. The topological polar surface area (TPSA) is 49.3 Å². The van der Waals surface area contributed by atoms with Crippen LogP contribution >= 0.6 is 0 Å². The summed E-state index contributed by atoms with van der Waals surface area (Å²) >= 11 is 0. The van der Waals surface area contributed by atoms with Crippen LogP contribution in [0.4, 0.5) is 0 Å². The van der Waals surface area contributed by atoms with Crippen LogP contribution < -0.4 is 5.32 Å². The van der Waals surface area contributed by atoms with E-state index in [1.54, 1.807) is 18.2 Å². The molecule has 0 atom stereocenters. The summed E-state index contributed by atoms with van der Waals surface area (Å²) in [6.07, 6.45) is 2.21. The number of nitrogens with one attached hydrogen (secondary N) is 1. The third-order valence-corrected chi connectivity index (χ3v) is 4.41. The smallest absolute Gasteiger partial charge is 0.335 e. The Morgan fingerprint density at radius 1 is 1.14 bits per heavy atom. The van der Waals surface area contributed by atoms with Gasteiger partial charge in [-0.2, -0.15) is 0 Å². The van der Waals surface area contributed by atoms with Crippen molar-refractivity contribution in [1.29, 1.82) is 0 Å². The summed E-state index contributed by atoms with van der Waals surface area (Å²) in [6.45, 7) is 3.94. The zero-order chi connectivity index (χ0) is 15.6. The van der Waals surface area contributed by atoms with E-state index in [0.29, 0.717) is 12.1 Å². The highest BCUT2D eigenvalue weighted by Gasteiger charge is 2.31. The van der Waals surface area contributed by atoms with E-state index < -0.39 is 5.97 Å². The van der Waals surface area contributed by atoms with Crippen molar-refractivity contribution in [2.75, 3.05) is 6.54 Å². The molecular weight excluding hydrogens is 274 g/mol. The van der Waals surface area contributed by atoms with E-state index >= 15 is 0 Å². The predicted molar refractivity (Wildman–Crippen MR) is 87.1 cm³/mol. The Hall–Kier alpha value is -2.13. The Morgan fingerprint density at radius 3 is 2.45 bits per heavy atom. The fourth-order valence-electron chi connectivity index (χ4n) is 3.33. The fourth-order valence-corrected chi connectivity index (χ4v) is 3.33. The van der Waals surface area contributed by atoms with Crippen LogP contribution in [0.2, 0.25) is 0 Å². The largest absolute Gasteiger partial charge is 0.478 e. The van der Waals surface area contributed by atoms with Crippen molar-refractivity contribution in [3.05, 3.63) is 70.8 Å². The van der Waals surface area contributed by atoms with Crippen LogP contribution in [0.5, 0.6) is 0 Å². The summed E-state index contributed by atoms with van der Waals surface area (Å²) in [5, 5.41) is 12.5. The Bertz CT molecular complexity index is 668. The van der Waals surface area contributed by atoms with Crippen molar-refractivity contribution in [3.63, 3.8) is 0 Å². The Balaban J connectivity index is 1.58.